The Morgan fingerprint density at radius 3 is 1.35 bits per heavy atom. The average molecular weight is 424 g/mol. The van der Waals surface area contributed by atoms with Gasteiger partial charge in [0.2, 0.25) is 0 Å². The van der Waals surface area contributed by atoms with Gasteiger partial charge in [-0.1, -0.05) is 60.7 Å². The first kappa shape index (κ1) is 21.0. The predicted molar refractivity (Wildman–Crippen MR) is 106 cm³/mol. The number of nitro benzene ring substituents is 3. The maximum atomic E-state index is 12.6. The highest BCUT2D eigenvalue weighted by Gasteiger charge is 2.56. The monoisotopic (exact) mass is 424 g/mol. The molecule has 0 bridgehead atoms. The zero-order chi connectivity index (χ0) is 22.8. The van der Waals surface area contributed by atoms with Crippen LogP contribution in [0.5, 0.6) is 0 Å². The first-order valence-corrected chi connectivity index (χ1v) is 8.59. The van der Waals surface area contributed by atoms with E-state index in [9.17, 15) is 40.5 Å². The van der Waals surface area contributed by atoms with Crippen LogP contribution in [-0.2, 0) is 5.54 Å². The smallest absolute Gasteiger partial charge is 0.263 e. The molecule has 12 heteroatoms. The third-order valence-electron chi connectivity index (χ3n) is 4.74. The fourth-order valence-corrected chi connectivity index (χ4v) is 3.52. The van der Waals surface area contributed by atoms with E-state index in [0.717, 1.165) is 6.07 Å². The predicted octanol–water partition coefficient (Wildman–Crippen LogP) is 3.98. The van der Waals surface area contributed by atoms with Crippen molar-refractivity contribution in [2.45, 2.75) is 5.54 Å². The lowest BCUT2D eigenvalue weighted by Crippen LogP contribution is -2.38. The number of nitrogens with zero attached hydrogens (tertiary/aromatic N) is 4. The third kappa shape index (κ3) is 3.31. The molecule has 0 saturated carbocycles. The first-order chi connectivity index (χ1) is 14.7. The van der Waals surface area contributed by atoms with Gasteiger partial charge in [0.1, 0.15) is 5.56 Å². The van der Waals surface area contributed by atoms with E-state index >= 15 is 0 Å². The Hall–Kier alpha value is -4.74. The highest BCUT2D eigenvalue weighted by molar-refractivity contribution is 5.72. The van der Waals surface area contributed by atoms with E-state index in [2.05, 4.69) is 0 Å². The highest BCUT2D eigenvalue weighted by Crippen LogP contribution is 2.49. The van der Waals surface area contributed by atoms with Gasteiger partial charge in [0.15, 0.2) is 0 Å². The summed E-state index contributed by atoms with van der Waals surface area (Å²) in [4.78, 5) is 42.9. The maximum Gasteiger partial charge on any atom is 0.422 e. The molecule has 0 N–H and O–H groups in total. The molecule has 0 amide bonds. The van der Waals surface area contributed by atoms with Crippen LogP contribution in [0.25, 0.3) is 0 Å². The minimum absolute atomic E-state index is 0.0162. The van der Waals surface area contributed by atoms with Crippen molar-refractivity contribution in [3.05, 3.63) is 130 Å². The van der Waals surface area contributed by atoms with Crippen LogP contribution in [0.15, 0.2) is 72.8 Å². The van der Waals surface area contributed by atoms with Crippen molar-refractivity contribution in [2.24, 2.45) is 0 Å². The summed E-state index contributed by atoms with van der Waals surface area (Å²) >= 11 is 0. The largest absolute Gasteiger partial charge is 0.422 e. The quantitative estimate of drug-likeness (QED) is 0.311. The van der Waals surface area contributed by atoms with Gasteiger partial charge in [-0.05, 0) is 6.07 Å². The van der Waals surface area contributed by atoms with E-state index < -0.39 is 47.9 Å². The van der Waals surface area contributed by atoms with Crippen molar-refractivity contribution in [1.82, 2.24) is 0 Å². The molecule has 156 valence electrons. The summed E-state index contributed by atoms with van der Waals surface area (Å²) in [7, 11) is 0. The van der Waals surface area contributed by atoms with Gasteiger partial charge in [0.25, 0.3) is 0 Å². The van der Waals surface area contributed by atoms with Crippen LogP contribution in [0.4, 0.5) is 17.1 Å². The fraction of sp³-hybridized carbons (Fsp3) is 0.0526. The van der Waals surface area contributed by atoms with Gasteiger partial charge < -0.3 is 0 Å². The third-order valence-corrected chi connectivity index (χ3v) is 4.74. The van der Waals surface area contributed by atoms with Crippen molar-refractivity contribution in [2.75, 3.05) is 0 Å². The van der Waals surface area contributed by atoms with Crippen LogP contribution < -0.4 is 0 Å². The number of hydrogen-bond acceptors (Lipinski definition) is 8. The molecule has 3 aromatic rings. The van der Waals surface area contributed by atoms with E-state index in [4.69, 9.17) is 0 Å². The summed E-state index contributed by atoms with van der Waals surface area (Å²) in [5.74, 6) is 0. The molecule has 0 radical (unpaired) electrons. The molecule has 0 unspecified atom stereocenters. The fourth-order valence-electron chi connectivity index (χ4n) is 3.52. The molecular formula is C19H12N4O8. The van der Waals surface area contributed by atoms with E-state index in [0.29, 0.717) is 6.07 Å². The summed E-state index contributed by atoms with van der Waals surface area (Å²) in [5, 5.41) is 47.4. The van der Waals surface area contributed by atoms with Crippen LogP contribution >= 0.6 is 0 Å². The second-order valence-electron chi connectivity index (χ2n) is 6.30. The Balaban J connectivity index is 2.60. The lowest BCUT2D eigenvalue weighted by atomic mass is 9.76. The molecule has 0 aliphatic carbocycles. The minimum Gasteiger partial charge on any atom is -0.263 e. The Bertz CT molecular complexity index is 1160. The highest BCUT2D eigenvalue weighted by atomic mass is 16.7. The Labute approximate surface area is 173 Å². The van der Waals surface area contributed by atoms with Crippen LogP contribution in [0.1, 0.15) is 16.7 Å². The first-order valence-electron chi connectivity index (χ1n) is 8.59. The van der Waals surface area contributed by atoms with E-state index in [1.807, 2.05) is 0 Å². The second-order valence-corrected chi connectivity index (χ2v) is 6.30. The molecule has 3 rings (SSSR count). The van der Waals surface area contributed by atoms with E-state index in [1.165, 1.54) is 48.5 Å². The molecule has 31 heavy (non-hydrogen) atoms. The number of nitro groups is 4. The number of hydrogen-bond donors (Lipinski definition) is 0. The van der Waals surface area contributed by atoms with Crippen molar-refractivity contribution in [3.8, 4) is 0 Å². The van der Waals surface area contributed by atoms with E-state index in [-0.39, 0.29) is 11.1 Å². The Kier molecular flexibility index (Phi) is 5.38. The van der Waals surface area contributed by atoms with Crippen LogP contribution in [0, 0.1) is 40.5 Å². The molecular weight excluding hydrogens is 412 g/mol. The average Bonchev–Trinajstić information content (AvgIpc) is 2.74. The molecule has 0 aliphatic rings. The second kappa shape index (κ2) is 7.94. The molecule has 0 atom stereocenters. The SMILES string of the molecule is O=[N+]([O-])c1ccc(C(c2ccccc2)(c2ccccc2)[N+](=O)[O-])c([N+](=O)[O-])c1[N+](=O)[O-]. The van der Waals surface area contributed by atoms with Crippen molar-refractivity contribution in [1.29, 1.82) is 0 Å². The molecule has 0 fully saturated rings. The standard InChI is InChI=1S/C19H12N4O8/c24-20(25)16-12-11-15(17(21(26)27)18(16)22(28)29)19(23(30)31,13-7-3-1-4-8-13)14-9-5-2-6-10-14/h1-12H. The van der Waals surface area contributed by atoms with Crippen LogP contribution in [0.3, 0.4) is 0 Å². The lowest BCUT2D eigenvalue weighted by molar-refractivity contribution is -0.554. The normalized spacial score (nSPS) is 11.0. The molecule has 0 aliphatic heterocycles. The van der Waals surface area contributed by atoms with Gasteiger partial charge in [-0.15, -0.1) is 0 Å². The van der Waals surface area contributed by atoms with Gasteiger partial charge in [0.05, 0.1) is 14.8 Å². The summed E-state index contributed by atoms with van der Waals surface area (Å²) in [6.45, 7) is 0. The van der Waals surface area contributed by atoms with Gasteiger partial charge in [-0.2, -0.15) is 0 Å². The molecule has 12 nitrogen and oxygen atoms in total. The molecule has 3 aromatic carbocycles. The lowest BCUT2D eigenvalue weighted by Gasteiger charge is -2.26. The molecule has 0 aromatic heterocycles. The van der Waals surface area contributed by atoms with Crippen molar-refractivity contribution in [3.63, 3.8) is 0 Å². The summed E-state index contributed by atoms with van der Waals surface area (Å²) in [5.41, 5.74) is -7.02. The Morgan fingerprint density at radius 1 is 0.548 bits per heavy atom. The molecule has 0 saturated heterocycles. The Morgan fingerprint density at radius 2 is 1.00 bits per heavy atom. The summed E-state index contributed by atoms with van der Waals surface area (Å²) in [6, 6.07) is 16.0. The zero-order valence-electron chi connectivity index (χ0n) is 15.5. The van der Waals surface area contributed by atoms with E-state index in [1.54, 1.807) is 12.1 Å². The molecule has 0 heterocycles. The van der Waals surface area contributed by atoms with Crippen LogP contribution in [0.2, 0.25) is 0 Å². The van der Waals surface area contributed by atoms with Gasteiger partial charge in [-0.3, -0.25) is 40.5 Å². The van der Waals surface area contributed by atoms with Gasteiger partial charge >= 0.3 is 22.6 Å². The summed E-state index contributed by atoms with van der Waals surface area (Å²) < 4.78 is 0. The van der Waals surface area contributed by atoms with Crippen LogP contribution in [-0.4, -0.2) is 19.7 Å². The maximum absolute atomic E-state index is 12.6. The molecule has 0 spiro atoms. The number of benzene rings is 3. The topological polar surface area (TPSA) is 173 Å². The summed E-state index contributed by atoms with van der Waals surface area (Å²) in [6.07, 6.45) is 0. The minimum atomic E-state index is -2.44. The van der Waals surface area contributed by atoms with Gasteiger partial charge in [0, 0.05) is 22.1 Å². The number of rotatable bonds is 7. The van der Waals surface area contributed by atoms with Gasteiger partial charge in [-0.25, -0.2) is 0 Å². The zero-order valence-corrected chi connectivity index (χ0v) is 15.5. The van der Waals surface area contributed by atoms with Crippen molar-refractivity contribution >= 4 is 17.1 Å². The van der Waals surface area contributed by atoms with Crippen molar-refractivity contribution < 1.29 is 19.7 Å².